The van der Waals surface area contributed by atoms with Crippen LogP contribution in [0, 0.1) is 5.92 Å². The summed E-state index contributed by atoms with van der Waals surface area (Å²) in [6.07, 6.45) is 5.48. The summed E-state index contributed by atoms with van der Waals surface area (Å²) in [5.41, 5.74) is 3.29. The molecule has 0 bridgehead atoms. The molecule has 1 unspecified atom stereocenters. The van der Waals surface area contributed by atoms with E-state index in [0.29, 0.717) is 0 Å². The Labute approximate surface area is 76.3 Å². The lowest BCUT2D eigenvalue weighted by Crippen LogP contribution is -2.47. The minimum absolute atomic E-state index is 0.781. The molecule has 72 valence electrons. The van der Waals surface area contributed by atoms with Gasteiger partial charge in [-0.15, -0.1) is 0 Å². The first-order valence-electron chi connectivity index (χ1n) is 5.18. The molecule has 0 aromatic heterocycles. The molecule has 0 aliphatic carbocycles. The quantitative estimate of drug-likeness (QED) is 0.697. The summed E-state index contributed by atoms with van der Waals surface area (Å²) in [7, 11) is 2.04. The number of hydrogen-bond donors (Lipinski definition) is 1. The Hall–Kier alpha value is -0.0800. The van der Waals surface area contributed by atoms with Crippen molar-refractivity contribution in [2.24, 2.45) is 5.92 Å². The second kappa shape index (κ2) is 4.83. The van der Waals surface area contributed by atoms with Crippen molar-refractivity contribution >= 4 is 0 Å². The minimum Gasteiger partial charge on any atom is -0.258 e. The van der Waals surface area contributed by atoms with E-state index >= 15 is 0 Å². The first-order valence-corrected chi connectivity index (χ1v) is 5.18. The molecule has 1 aliphatic rings. The van der Waals surface area contributed by atoms with Gasteiger partial charge in [-0.3, -0.25) is 5.43 Å². The second-order valence-electron chi connectivity index (χ2n) is 4.20. The van der Waals surface area contributed by atoms with E-state index in [1.54, 1.807) is 0 Å². The van der Waals surface area contributed by atoms with Crippen LogP contribution in [-0.4, -0.2) is 24.6 Å². The zero-order valence-corrected chi connectivity index (χ0v) is 8.64. The van der Waals surface area contributed by atoms with Crippen molar-refractivity contribution in [2.75, 3.05) is 13.6 Å². The lowest BCUT2D eigenvalue weighted by molar-refractivity contribution is 0.0839. The molecule has 2 nitrogen and oxygen atoms in total. The highest BCUT2D eigenvalue weighted by Gasteiger charge is 2.21. The molecule has 0 amide bonds. The molecule has 12 heavy (non-hydrogen) atoms. The van der Waals surface area contributed by atoms with Crippen LogP contribution in [0.25, 0.3) is 0 Å². The monoisotopic (exact) mass is 170 g/mol. The van der Waals surface area contributed by atoms with Gasteiger partial charge in [0, 0.05) is 12.6 Å². The maximum absolute atomic E-state index is 3.29. The fraction of sp³-hybridized carbons (Fsp3) is 1.00. The number of nitrogens with one attached hydrogen (secondary N) is 1. The first-order chi connectivity index (χ1) is 5.74. The molecular formula is C10H22N2. The Kier molecular flexibility index (Phi) is 4.02. The van der Waals surface area contributed by atoms with E-state index in [0.717, 1.165) is 12.0 Å². The van der Waals surface area contributed by atoms with Crippen molar-refractivity contribution in [1.29, 1.82) is 0 Å². The summed E-state index contributed by atoms with van der Waals surface area (Å²) < 4.78 is 0. The molecule has 2 heteroatoms. The van der Waals surface area contributed by atoms with E-state index in [1.807, 2.05) is 7.05 Å². The molecule has 1 heterocycles. The Morgan fingerprint density at radius 3 is 2.75 bits per heavy atom. The predicted molar refractivity (Wildman–Crippen MR) is 52.9 cm³/mol. The molecular weight excluding hydrogens is 148 g/mol. The smallest absolute Gasteiger partial charge is 0.0245 e. The van der Waals surface area contributed by atoms with Gasteiger partial charge in [-0.2, -0.15) is 0 Å². The molecule has 1 aliphatic heterocycles. The van der Waals surface area contributed by atoms with Crippen molar-refractivity contribution in [3.63, 3.8) is 0 Å². The number of rotatable bonds is 3. The van der Waals surface area contributed by atoms with Crippen LogP contribution in [0.4, 0.5) is 0 Å². The zero-order chi connectivity index (χ0) is 8.97. The molecule has 0 aromatic carbocycles. The molecule has 0 radical (unpaired) electrons. The third-order valence-electron chi connectivity index (χ3n) is 2.66. The summed E-state index contributed by atoms with van der Waals surface area (Å²) in [5.74, 6) is 0.823. The fourth-order valence-corrected chi connectivity index (χ4v) is 2.08. The van der Waals surface area contributed by atoms with Gasteiger partial charge in [0.05, 0.1) is 0 Å². The van der Waals surface area contributed by atoms with Crippen molar-refractivity contribution in [1.82, 2.24) is 10.4 Å². The lowest BCUT2D eigenvalue weighted by Gasteiger charge is -2.35. The van der Waals surface area contributed by atoms with Crippen LogP contribution >= 0.6 is 0 Å². The summed E-state index contributed by atoms with van der Waals surface area (Å²) in [6.45, 7) is 5.85. The third kappa shape index (κ3) is 2.76. The highest BCUT2D eigenvalue weighted by molar-refractivity contribution is 4.74. The topological polar surface area (TPSA) is 15.3 Å². The van der Waals surface area contributed by atoms with Gasteiger partial charge in [0.2, 0.25) is 0 Å². The molecule has 0 spiro atoms. The van der Waals surface area contributed by atoms with E-state index in [2.05, 4.69) is 24.3 Å². The summed E-state index contributed by atoms with van der Waals surface area (Å²) in [4.78, 5) is 0. The van der Waals surface area contributed by atoms with Crippen molar-refractivity contribution in [2.45, 2.75) is 45.6 Å². The Bertz CT molecular complexity index is 123. The van der Waals surface area contributed by atoms with Gasteiger partial charge in [0.1, 0.15) is 0 Å². The standard InChI is InChI=1S/C10H22N2/c1-9(2)8-10-6-4-5-7-12(10)11-3/h9-11H,4-8H2,1-3H3. The number of hydrazine groups is 1. The second-order valence-corrected chi connectivity index (χ2v) is 4.20. The normalized spacial score (nSPS) is 26.5. The Morgan fingerprint density at radius 1 is 1.42 bits per heavy atom. The first kappa shape index (κ1) is 10.0. The summed E-state index contributed by atoms with van der Waals surface area (Å²) in [5, 5.41) is 2.41. The largest absolute Gasteiger partial charge is 0.258 e. The molecule has 1 N–H and O–H groups in total. The summed E-state index contributed by atoms with van der Waals surface area (Å²) in [6, 6.07) is 0.781. The maximum atomic E-state index is 3.29. The fourth-order valence-electron chi connectivity index (χ4n) is 2.08. The van der Waals surface area contributed by atoms with E-state index in [4.69, 9.17) is 0 Å². The molecule has 1 rings (SSSR count). The van der Waals surface area contributed by atoms with Gasteiger partial charge in [-0.05, 0) is 32.2 Å². The highest BCUT2D eigenvalue weighted by Crippen LogP contribution is 2.20. The van der Waals surface area contributed by atoms with Gasteiger partial charge in [-0.25, -0.2) is 5.01 Å². The van der Waals surface area contributed by atoms with E-state index < -0.39 is 0 Å². The van der Waals surface area contributed by atoms with Crippen molar-refractivity contribution < 1.29 is 0 Å². The highest BCUT2D eigenvalue weighted by atomic mass is 15.5. The average molecular weight is 170 g/mol. The predicted octanol–water partition coefficient (Wildman–Crippen LogP) is 2.02. The van der Waals surface area contributed by atoms with E-state index in [-0.39, 0.29) is 0 Å². The lowest BCUT2D eigenvalue weighted by atomic mass is 9.95. The zero-order valence-electron chi connectivity index (χ0n) is 8.64. The van der Waals surface area contributed by atoms with E-state index in [9.17, 15) is 0 Å². The van der Waals surface area contributed by atoms with Crippen LogP contribution in [0.5, 0.6) is 0 Å². The molecule has 1 atom stereocenters. The molecule has 0 saturated carbocycles. The van der Waals surface area contributed by atoms with E-state index in [1.165, 1.54) is 32.2 Å². The Balaban J connectivity index is 2.36. The van der Waals surface area contributed by atoms with Crippen LogP contribution in [0.15, 0.2) is 0 Å². The van der Waals surface area contributed by atoms with Gasteiger partial charge >= 0.3 is 0 Å². The Morgan fingerprint density at radius 2 is 2.17 bits per heavy atom. The maximum Gasteiger partial charge on any atom is 0.0245 e. The van der Waals surface area contributed by atoms with Gasteiger partial charge in [0.15, 0.2) is 0 Å². The third-order valence-corrected chi connectivity index (χ3v) is 2.66. The van der Waals surface area contributed by atoms with Crippen LogP contribution < -0.4 is 5.43 Å². The van der Waals surface area contributed by atoms with Gasteiger partial charge < -0.3 is 0 Å². The van der Waals surface area contributed by atoms with Gasteiger partial charge in [-0.1, -0.05) is 20.3 Å². The van der Waals surface area contributed by atoms with Crippen LogP contribution in [-0.2, 0) is 0 Å². The summed E-state index contributed by atoms with van der Waals surface area (Å²) >= 11 is 0. The number of hydrogen-bond acceptors (Lipinski definition) is 2. The molecule has 0 aromatic rings. The number of piperidine rings is 1. The van der Waals surface area contributed by atoms with Crippen molar-refractivity contribution in [3.05, 3.63) is 0 Å². The molecule has 1 saturated heterocycles. The van der Waals surface area contributed by atoms with Crippen LogP contribution in [0.3, 0.4) is 0 Å². The van der Waals surface area contributed by atoms with Crippen LogP contribution in [0.2, 0.25) is 0 Å². The average Bonchev–Trinajstić information content (AvgIpc) is 2.04. The van der Waals surface area contributed by atoms with Gasteiger partial charge in [0.25, 0.3) is 0 Å². The SMILES string of the molecule is CNN1CCCCC1CC(C)C. The number of nitrogens with zero attached hydrogens (tertiary/aromatic N) is 1. The van der Waals surface area contributed by atoms with Crippen molar-refractivity contribution in [3.8, 4) is 0 Å². The molecule has 1 fully saturated rings. The van der Waals surface area contributed by atoms with Crippen LogP contribution in [0.1, 0.15) is 39.5 Å². The minimum atomic E-state index is 0.781.